The molecule has 1 atom stereocenters. The van der Waals surface area contributed by atoms with Crippen LogP contribution in [0.5, 0.6) is 0 Å². The third-order valence-electron chi connectivity index (χ3n) is 2.33. The lowest BCUT2D eigenvalue weighted by atomic mass is 10.2. The quantitative estimate of drug-likeness (QED) is 0.800. The van der Waals surface area contributed by atoms with Gasteiger partial charge < -0.3 is 9.47 Å². The fourth-order valence-electron chi connectivity index (χ4n) is 1.38. The molecule has 0 aromatic heterocycles. The number of benzene rings is 1. The molecule has 4 heteroatoms. The molecular weight excluding hydrogens is 218 g/mol. The molecule has 0 radical (unpaired) electrons. The van der Waals surface area contributed by atoms with Gasteiger partial charge in [0.2, 0.25) is 0 Å². The zero-order chi connectivity index (χ0) is 12.7. The molecule has 0 aliphatic rings. The minimum Gasteiger partial charge on any atom is -0.445 e. The molecule has 0 saturated carbocycles. The maximum atomic E-state index is 11.5. The molecule has 4 nitrogen and oxygen atoms in total. The van der Waals surface area contributed by atoms with Crippen LogP contribution in [-0.4, -0.2) is 19.4 Å². The third kappa shape index (κ3) is 4.87. The number of nitrogens with one attached hydrogen (secondary N) is 1. The standard InChI is InChI=1S/C13H19NO3/c1-10(2)12(16-3)14-13(15)17-9-11-7-5-4-6-8-11/h4-8,10,12H,9H2,1-3H3,(H,14,15). The number of carbonyl (C=O) groups excluding carboxylic acids is 1. The van der Waals surface area contributed by atoms with Crippen molar-refractivity contribution in [3.05, 3.63) is 35.9 Å². The lowest BCUT2D eigenvalue weighted by molar-refractivity contribution is 0.0308. The zero-order valence-corrected chi connectivity index (χ0v) is 10.5. The maximum Gasteiger partial charge on any atom is 0.409 e. The molecule has 1 aromatic rings. The molecule has 0 bridgehead atoms. The predicted octanol–water partition coefficient (Wildman–Crippen LogP) is 2.54. The summed E-state index contributed by atoms with van der Waals surface area (Å²) in [6, 6.07) is 9.54. The van der Waals surface area contributed by atoms with Crippen LogP contribution in [-0.2, 0) is 16.1 Å². The molecule has 1 rings (SSSR count). The van der Waals surface area contributed by atoms with Gasteiger partial charge in [0.05, 0.1) is 0 Å². The van der Waals surface area contributed by atoms with Crippen LogP contribution in [0.15, 0.2) is 30.3 Å². The van der Waals surface area contributed by atoms with Gasteiger partial charge in [-0.2, -0.15) is 0 Å². The summed E-state index contributed by atoms with van der Waals surface area (Å²) in [5, 5.41) is 2.65. The van der Waals surface area contributed by atoms with E-state index < -0.39 is 6.09 Å². The summed E-state index contributed by atoms with van der Waals surface area (Å²) in [7, 11) is 1.56. The van der Waals surface area contributed by atoms with E-state index in [1.165, 1.54) is 0 Å². The molecule has 0 heterocycles. The van der Waals surface area contributed by atoms with Gasteiger partial charge in [0.15, 0.2) is 0 Å². The molecule has 1 N–H and O–H groups in total. The smallest absolute Gasteiger partial charge is 0.409 e. The van der Waals surface area contributed by atoms with Crippen molar-refractivity contribution in [2.75, 3.05) is 7.11 Å². The Morgan fingerprint density at radius 2 is 1.94 bits per heavy atom. The highest BCUT2D eigenvalue weighted by atomic mass is 16.6. The summed E-state index contributed by atoms with van der Waals surface area (Å²) in [5.41, 5.74) is 0.959. The molecule has 0 spiro atoms. The highest BCUT2D eigenvalue weighted by Crippen LogP contribution is 2.04. The first-order valence-corrected chi connectivity index (χ1v) is 5.63. The second-order valence-corrected chi connectivity index (χ2v) is 4.11. The average molecular weight is 237 g/mol. The largest absolute Gasteiger partial charge is 0.445 e. The van der Waals surface area contributed by atoms with Crippen LogP contribution in [0.3, 0.4) is 0 Å². The summed E-state index contributed by atoms with van der Waals surface area (Å²) < 4.78 is 10.2. The van der Waals surface area contributed by atoms with Crippen molar-refractivity contribution in [2.45, 2.75) is 26.7 Å². The molecule has 17 heavy (non-hydrogen) atoms. The van der Waals surface area contributed by atoms with Crippen LogP contribution in [0.1, 0.15) is 19.4 Å². The van der Waals surface area contributed by atoms with Crippen molar-refractivity contribution in [1.82, 2.24) is 5.32 Å². The Labute approximate surface area is 102 Å². The predicted molar refractivity (Wildman–Crippen MR) is 65.4 cm³/mol. The summed E-state index contributed by atoms with van der Waals surface area (Å²) in [5.74, 6) is 0.198. The molecular formula is C13H19NO3. The molecule has 0 aliphatic heterocycles. The van der Waals surface area contributed by atoms with Gasteiger partial charge in [0, 0.05) is 7.11 Å². The number of carbonyl (C=O) groups is 1. The molecule has 0 aliphatic carbocycles. The average Bonchev–Trinajstić information content (AvgIpc) is 2.34. The van der Waals surface area contributed by atoms with E-state index in [1.807, 2.05) is 44.2 Å². The van der Waals surface area contributed by atoms with E-state index >= 15 is 0 Å². The van der Waals surface area contributed by atoms with E-state index in [9.17, 15) is 4.79 Å². The maximum absolute atomic E-state index is 11.5. The summed E-state index contributed by atoms with van der Waals surface area (Å²) in [6.45, 7) is 4.19. The Hall–Kier alpha value is -1.55. The minimum absolute atomic E-state index is 0.198. The highest BCUT2D eigenvalue weighted by molar-refractivity contribution is 5.67. The Kier molecular flexibility index (Phi) is 5.49. The molecule has 0 saturated heterocycles. The first kappa shape index (κ1) is 13.5. The van der Waals surface area contributed by atoms with E-state index in [-0.39, 0.29) is 18.8 Å². The lowest BCUT2D eigenvalue weighted by Crippen LogP contribution is -2.40. The van der Waals surface area contributed by atoms with Gasteiger partial charge in [-0.1, -0.05) is 44.2 Å². The first-order chi connectivity index (χ1) is 8.13. The van der Waals surface area contributed by atoms with Crippen molar-refractivity contribution in [3.63, 3.8) is 0 Å². The number of rotatable bonds is 5. The van der Waals surface area contributed by atoms with E-state index in [2.05, 4.69) is 5.32 Å². The normalized spacial score (nSPS) is 12.2. The van der Waals surface area contributed by atoms with E-state index in [4.69, 9.17) is 9.47 Å². The van der Waals surface area contributed by atoms with Gasteiger partial charge in [0.25, 0.3) is 0 Å². The van der Waals surface area contributed by atoms with Gasteiger partial charge in [0.1, 0.15) is 12.8 Å². The van der Waals surface area contributed by atoms with Crippen LogP contribution in [0, 0.1) is 5.92 Å². The number of alkyl carbamates (subject to hydrolysis) is 1. The van der Waals surface area contributed by atoms with Gasteiger partial charge in [-0.3, -0.25) is 5.32 Å². The Balaban J connectivity index is 2.35. The van der Waals surface area contributed by atoms with E-state index in [1.54, 1.807) is 7.11 Å². The highest BCUT2D eigenvalue weighted by Gasteiger charge is 2.15. The van der Waals surface area contributed by atoms with E-state index in [0.717, 1.165) is 5.56 Å². The second kappa shape index (κ2) is 6.91. The number of ether oxygens (including phenoxy) is 2. The Morgan fingerprint density at radius 3 is 2.47 bits per heavy atom. The van der Waals surface area contributed by atoms with Crippen molar-refractivity contribution in [3.8, 4) is 0 Å². The summed E-state index contributed by atoms with van der Waals surface area (Å²) >= 11 is 0. The van der Waals surface area contributed by atoms with Crippen molar-refractivity contribution < 1.29 is 14.3 Å². The van der Waals surface area contributed by atoms with Gasteiger partial charge >= 0.3 is 6.09 Å². The van der Waals surface area contributed by atoms with Crippen LogP contribution < -0.4 is 5.32 Å². The fraction of sp³-hybridized carbons (Fsp3) is 0.462. The van der Waals surface area contributed by atoms with Crippen molar-refractivity contribution in [2.24, 2.45) is 5.92 Å². The lowest BCUT2D eigenvalue weighted by Gasteiger charge is -2.20. The molecule has 94 valence electrons. The topological polar surface area (TPSA) is 47.6 Å². The molecule has 1 aromatic carbocycles. The number of amides is 1. The monoisotopic (exact) mass is 237 g/mol. The minimum atomic E-state index is -0.464. The van der Waals surface area contributed by atoms with E-state index in [0.29, 0.717) is 0 Å². The molecule has 1 amide bonds. The Morgan fingerprint density at radius 1 is 1.29 bits per heavy atom. The van der Waals surface area contributed by atoms with Crippen LogP contribution >= 0.6 is 0 Å². The van der Waals surface area contributed by atoms with Crippen LogP contribution in [0.2, 0.25) is 0 Å². The summed E-state index contributed by atoms with van der Waals surface area (Å²) in [6.07, 6.45) is -0.785. The van der Waals surface area contributed by atoms with Gasteiger partial charge in [-0.15, -0.1) is 0 Å². The third-order valence-corrected chi connectivity index (χ3v) is 2.33. The number of hydrogen-bond donors (Lipinski definition) is 1. The van der Waals surface area contributed by atoms with Gasteiger partial charge in [-0.25, -0.2) is 4.79 Å². The first-order valence-electron chi connectivity index (χ1n) is 5.63. The zero-order valence-electron chi connectivity index (χ0n) is 10.5. The number of methoxy groups -OCH3 is 1. The fourth-order valence-corrected chi connectivity index (χ4v) is 1.38. The molecule has 0 fully saturated rings. The molecule has 1 unspecified atom stereocenters. The van der Waals surface area contributed by atoms with Crippen molar-refractivity contribution >= 4 is 6.09 Å². The van der Waals surface area contributed by atoms with Crippen LogP contribution in [0.4, 0.5) is 4.79 Å². The second-order valence-electron chi connectivity index (χ2n) is 4.11. The summed E-state index contributed by atoms with van der Waals surface area (Å²) in [4.78, 5) is 11.5. The SMILES string of the molecule is COC(NC(=O)OCc1ccccc1)C(C)C. The van der Waals surface area contributed by atoms with Crippen molar-refractivity contribution in [1.29, 1.82) is 0 Å². The Bertz CT molecular complexity index is 338. The van der Waals surface area contributed by atoms with Gasteiger partial charge in [-0.05, 0) is 11.5 Å². The van der Waals surface area contributed by atoms with Crippen LogP contribution in [0.25, 0.3) is 0 Å². The number of hydrogen-bond acceptors (Lipinski definition) is 3.